The summed E-state index contributed by atoms with van der Waals surface area (Å²) in [7, 11) is 1.65. The predicted molar refractivity (Wildman–Crippen MR) is 106 cm³/mol. The number of nitrogens with one attached hydrogen (secondary N) is 1. The zero-order valence-electron chi connectivity index (χ0n) is 15.4. The van der Waals surface area contributed by atoms with Gasteiger partial charge in [-0.3, -0.25) is 4.79 Å². The first-order valence-corrected chi connectivity index (χ1v) is 10.0. The van der Waals surface area contributed by atoms with Gasteiger partial charge in [-0.1, -0.05) is 0 Å². The molecule has 0 spiro atoms. The fraction of sp³-hybridized carbons (Fsp3) is 0.500. The Kier molecular flexibility index (Phi) is 5.07. The van der Waals surface area contributed by atoms with E-state index in [-0.39, 0.29) is 5.91 Å². The Labute approximate surface area is 162 Å². The number of likely N-dealkylation sites (tertiary alicyclic amines) is 1. The van der Waals surface area contributed by atoms with E-state index in [1.165, 1.54) is 0 Å². The average molecular weight is 388 g/mol. The maximum atomic E-state index is 13.1. The quantitative estimate of drug-likeness (QED) is 0.815. The summed E-state index contributed by atoms with van der Waals surface area (Å²) in [4.78, 5) is 29.5. The third-order valence-corrected chi connectivity index (χ3v) is 5.98. The second-order valence-electron chi connectivity index (χ2n) is 7.10. The fourth-order valence-corrected chi connectivity index (χ4v) is 4.73. The van der Waals surface area contributed by atoms with Crippen LogP contribution in [0.4, 0.5) is 5.82 Å². The molecule has 1 atom stereocenters. The minimum atomic E-state index is -0.466. The van der Waals surface area contributed by atoms with E-state index < -0.39 is 5.54 Å². The highest BCUT2D eigenvalue weighted by Gasteiger charge is 2.35. The average Bonchev–Trinajstić information content (AvgIpc) is 3.16. The number of piperidine rings is 1. The summed E-state index contributed by atoms with van der Waals surface area (Å²) in [5.41, 5.74) is 6.75. The van der Waals surface area contributed by atoms with Gasteiger partial charge in [-0.15, -0.1) is 11.8 Å². The third kappa shape index (κ3) is 3.67. The number of aromatic nitrogens is 3. The van der Waals surface area contributed by atoms with Crippen LogP contribution in [0.5, 0.6) is 0 Å². The van der Waals surface area contributed by atoms with Gasteiger partial charge in [0.15, 0.2) is 0 Å². The SMILES string of the molecule is COCC1(N)CCCN(C(=O)C2=CN(c3ncnc4[nH]ccc34)CCS2)C1. The van der Waals surface area contributed by atoms with Crippen LogP contribution in [0.1, 0.15) is 12.8 Å². The Bertz CT molecular complexity index is 864. The van der Waals surface area contributed by atoms with Gasteiger partial charge in [0.25, 0.3) is 5.91 Å². The molecule has 4 heterocycles. The van der Waals surface area contributed by atoms with Crippen molar-refractivity contribution in [2.24, 2.45) is 5.73 Å². The van der Waals surface area contributed by atoms with Crippen LogP contribution in [0.15, 0.2) is 29.7 Å². The summed E-state index contributed by atoms with van der Waals surface area (Å²) in [6.07, 6.45) is 7.07. The Morgan fingerprint density at radius 1 is 1.44 bits per heavy atom. The maximum Gasteiger partial charge on any atom is 0.261 e. The first-order chi connectivity index (χ1) is 13.1. The number of ether oxygens (including phenoxy) is 1. The highest BCUT2D eigenvalue weighted by atomic mass is 32.2. The number of hydrogen-bond acceptors (Lipinski definition) is 7. The molecule has 2 aromatic heterocycles. The van der Waals surface area contributed by atoms with E-state index in [0.717, 1.165) is 53.4 Å². The molecule has 4 rings (SSSR count). The van der Waals surface area contributed by atoms with E-state index in [2.05, 4.69) is 15.0 Å². The first kappa shape index (κ1) is 18.3. The van der Waals surface area contributed by atoms with Crippen LogP contribution in [0, 0.1) is 0 Å². The number of nitrogens with zero attached hydrogens (tertiary/aromatic N) is 4. The lowest BCUT2D eigenvalue weighted by atomic mass is 9.91. The smallest absolute Gasteiger partial charge is 0.261 e. The second-order valence-corrected chi connectivity index (χ2v) is 8.23. The van der Waals surface area contributed by atoms with Crippen LogP contribution in [0.2, 0.25) is 0 Å². The van der Waals surface area contributed by atoms with Crippen molar-refractivity contribution in [3.63, 3.8) is 0 Å². The second kappa shape index (κ2) is 7.49. The molecule has 27 heavy (non-hydrogen) atoms. The minimum Gasteiger partial charge on any atom is -0.383 e. The lowest BCUT2D eigenvalue weighted by Gasteiger charge is -2.40. The van der Waals surface area contributed by atoms with Gasteiger partial charge >= 0.3 is 0 Å². The molecule has 1 fully saturated rings. The normalized spacial score (nSPS) is 23.6. The van der Waals surface area contributed by atoms with Crippen molar-refractivity contribution in [3.8, 4) is 0 Å². The molecule has 0 aromatic carbocycles. The van der Waals surface area contributed by atoms with Crippen LogP contribution >= 0.6 is 11.8 Å². The summed E-state index contributed by atoms with van der Waals surface area (Å²) in [5, 5.41) is 0.950. The van der Waals surface area contributed by atoms with Gasteiger partial charge in [0.1, 0.15) is 17.8 Å². The molecule has 0 bridgehead atoms. The molecule has 144 valence electrons. The molecule has 1 saturated heterocycles. The number of methoxy groups -OCH3 is 1. The van der Waals surface area contributed by atoms with Crippen LogP contribution in [-0.4, -0.2) is 70.4 Å². The monoisotopic (exact) mass is 388 g/mol. The standard InChI is InChI=1S/C18H24N6O2S/c1-26-11-18(19)4-2-6-24(10-18)17(25)14-9-23(7-8-27-14)16-13-3-5-20-15(13)21-12-22-16/h3,5,9,12H,2,4,6-8,10-11,19H2,1H3,(H,20,21,22). The minimum absolute atomic E-state index is 0.0368. The van der Waals surface area contributed by atoms with Crippen LogP contribution in [0.25, 0.3) is 11.0 Å². The topological polar surface area (TPSA) is 100 Å². The zero-order chi connectivity index (χ0) is 18.9. The number of rotatable bonds is 4. The van der Waals surface area contributed by atoms with Gasteiger partial charge in [-0.2, -0.15) is 0 Å². The number of carbonyl (C=O) groups excluding carboxylic acids is 1. The number of hydrogen-bond donors (Lipinski definition) is 2. The number of aromatic amines is 1. The van der Waals surface area contributed by atoms with Crippen molar-refractivity contribution < 1.29 is 9.53 Å². The van der Waals surface area contributed by atoms with Crippen LogP contribution < -0.4 is 10.6 Å². The Hall–Kier alpha value is -2.10. The Morgan fingerprint density at radius 3 is 3.19 bits per heavy atom. The summed E-state index contributed by atoms with van der Waals surface area (Å²) in [6.45, 7) is 2.51. The van der Waals surface area contributed by atoms with Gasteiger partial charge in [-0.25, -0.2) is 9.97 Å². The molecule has 2 aromatic rings. The third-order valence-electron chi connectivity index (χ3n) is 5.01. The van der Waals surface area contributed by atoms with Crippen LogP contribution in [-0.2, 0) is 9.53 Å². The Balaban J connectivity index is 1.56. The van der Waals surface area contributed by atoms with Crippen molar-refractivity contribution in [3.05, 3.63) is 29.7 Å². The van der Waals surface area contributed by atoms with E-state index in [1.54, 1.807) is 25.2 Å². The van der Waals surface area contributed by atoms with E-state index >= 15 is 0 Å². The number of carbonyl (C=O) groups is 1. The molecule has 2 aliphatic rings. The highest BCUT2D eigenvalue weighted by molar-refractivity contribution is 8.04. The summed E-state index contributed by atoms with van der Waals surface area (Å²) >= 11 is 1.59. The van der Waals surface area contributed by atoms with Gasteiger partial charge in [0, 0.05) is 44.9 Å². The molecule has 1 amide bonds. The molecular weight excluding hydrogens is 364 g/mol. The number of fused-ring (bicyclic) bond motifs is 1. The number of amides is 1. The molecule has 1 unspecified atom stereocenters. The maximum absolute atomic E-state index is 13.1. The van der Waals surface area contributed by atoms with Gasteiger partial charge in [0.2, 0.25) is 0 Å². The lowest BCUT2D eigenvalue weighted by molar-refractivity contribution is -0.129. The molecule has 0 aliphatic carbocycles. The number of anilines is 1. The largest absolute Gasteiger partial charge is 0.383 e. The van der Waals surface area contributed by atoms with Crippen molar-refractivity contribution in [2.45, 2.75) is 18.4 Å². The molecule has 8 nitrogen and oxygen atoms in total. The predicted octanol–water partition coefficient (Wildman–Crippen LogP) is 1.32. The Morgan fingerprint density at radius 2 is 2.33 bits per heavy atom. The molecule has 9 heteroatoms. The van der Waals surface area contributed by atoms with E-state index in [9.17, 15) is 4.79 Å². The van der Waals surface area contributed by atoms with Crippen molar-refractivity contribution in [1.82, 2.24) is 19.9 Å². The van der Waals surface area contributed by atoms with E-state index in [4.69, 9.17) is 10.5 Å². The number of H-pyrrole nitrogens is 1. The first-order valence-electron chi connectivity index (χ1n) is 9.06. The van der Waals surface area contributed by atoms with Crippen molar-refractivity contribution in [2.75, 3.05) is 44.0 Å². The molecule has 0 radical (unpaired) electrons. The van der Waals surface area contributed by atoms with Crippen molar-refractivity contribution >= 4 is 34.5 Å². The number of thioether (sulfide) groups is 1. The summed E-state index contributed by atoms with van der Waals surface area (Å²) < 4.78 is 5.26. The molecule has 3 N–H and O–H groups in total. The van der Waals surface area contributed by atoms with Gasteiger partial charge in [-0.05, 0) is 18.9 Å². The highest BCUT2D eigenvalue weighted by Crippen LogP contribution is 2.31. The number of nitrogens with two attached hydrogens (primary N) is 1. The fourth-order valence-electron chi connectivity index (χ4n) is 3.76. The lowest BCUT2D eigenvalue weighted by Crippen LogP contribution is -2.58. The van der Waals surface area contributed by atoms with Gasteiger partial charge < -0.3 is 25.3 Å². The molecule has 2 aliphatic heterocycles. The van der Waals surface area contributed by atoms with E-state index in [1.807, 2.05) is 28.3 Å². The summed E-state index contributed by atoms with van der Waals surface area (Å²) in [5.74, 6) is 1.68. The van der Waals surface area contributed by atoms with Crippen LogP contribution in [0.3, 0.4) is 0 Å². The van der Waals surface area contributed by atoms with Crippen molar-refractivity contribution in [1.29, 1.82) is 0 Å². The van der Waals surface area contributed by atoms with E-state index in [0.29, 0.717) is 13.2 Å². The summed E-state index contributed by atoms with van der Waals surface area (Å²) in [6, 6.07) is 1.96. The van der Waals surface area contributed by atoms with Gasteiger partial charge in [0.05, 0.1) is 22.4 Å². The zero-order valence-corrected chi connectivity index (χ0v) is 16.2. The molecule has 0 saturated carbocycles. The molecular formula is C18H24N6O2S.